The van der Waals surface area contributed by atoms with Gasteiger partial charge in [0, 0.05) is 0 Å². The first-order chi connectivity index (χ1) is 6.99. The molecule has 0 radical (unpaired) electrons. The third-order valence-corrected chi connectivity index (χ3v) is 2.43. The van der Waals surface area contributed by atoms with Crippen LogP contribution in [0.1, 0.15) is 20.3 Å². The standard InChI is InChI=1S/C8H14N4O2S/c1-4(2)3-5(6(13)14)10-8-12-11-7(9)15-8/h4-5H,3H2,1-2H3,(H2,9,11)(H,10,12)(H,13,14)/t5-/m0/s1. The molecular formula is C8H14N4O2S. The van der Waals surface area contributed by atoms with Crippen molar-refractivity contribution in [3.63, 3.8) is 0 Å². The molecule has 0 aromatic carbocycles. The number of nitrogens with zero attached hydrogens (tertiary/aromatic N) is 2. The van der Waals surface area contributed by atoms with E-state index in [1.807, 2.05) is 13.8 Å². The van der Waals surface area contributed by atoms with Crippen LogP contribution in [0.5, 0.6) is 0 Å². The van der Waals surface area contributed by atoms with Crippen LogP contribution in [0.15, 0.2) is 0 Å². The summed E-state index contributed by atoms with van der Waals surface area (Å²) in [6, 6.07) is -0.641. The summed E-state index contributed by atoms with van der Waals surface area (Å²) >= 11 is 1.14. The van der Waals surface area contributed by atoms with Crippen LogP contribution in [0.2, 0.25) is 0 Å². The first-order valence-corrected chi connectivity index (χ1v) is 5.39. The molecule has 0 bridgehead atoms. The van der Waals surface area contributed by atoms with Gasteiger partial charge in [0.15, 0.2) is 0 Å². The number of rotatable bonds is 5. The SMILES string of the molecule is CC(C)C[C@H](Nc1nnc(N)s1)C(=O)O. The van der Waals surface area contributed by atoms with E-state index in [0.717, 1.165) is 11.3 Å². The molecule has 7 heteroatoms. The Hall–Kier alpha value is -1.37. The number of aliphatic carboxylic acids is 1. The minimum Gasteiger partial charge on any atom is -0.480 e. The molecule has 0 saturated carbocycles. The number of carboxylic acids is 1. The molecular weight excluding hydrogens is 216 g/mol. The molecule has 1 rings (SSSR count). The molecule has 6 nitrogen and oxygen atoms in total. The van der Waals surface area contributed by atoms with Crippen LogP contribution in [-0.2, 0) is 4.79 Å². The van der Waals surface area contributed by atoms with Gasteiger partial charge in [-0.15, -0.1) is 10.2 Å². The molecule has 1 atom stereocenters. The van der Waals surface area contributed by atoms with Crippen molar-refractivity contribution in [2.45, 2.75) is 26.3 Å². The van der Waals surface area contributed by atoms with Gasteiger partial charge >= 0.3 is 5.97 Å². The third kappa shape index (κ3) is 3.70. The van der Waals surface area contributed by atoms with Gasteiger partial charge in [0.05, 0.1) is 0 Å². The lowest BCUT2D eigenvalue weighted by Gasteiger charge is -2.14. The average molecular weight is 230 g/mol. The Kier molecular flexibility index (Phi) is 3.84. The molecule has 0 aliphatic carbocycles. The first-order valence-electron chi connectivity index (χ1n) is 4.57. The molecule has 84 valence electrons. The van der Waals surface area contributed by atoms with E-state index in [1.165, 1.54) is 0 Å². The van der Waals surface area contributed by atoms with E-state index in [2.05, 4.69) is 15.5 Å². The van der Waals surface area contributed by atoms with Gasteiger partial charge in [-0.05, 0) is 12.3 Å². The van der Waals surface area contributed by atoms with Gasteiger partial charge in [-0.2, -0.15) is 0 Å². The van der Waals surface area contributed by atoms with E-state index in [9.17, 15) is 4.79 Å². The summed E-state index contributed by atoms with van der Waals surface area (Å²) in [5.41, 5.74) is 5.39. The Morgan fingerprint density at radius 2 is 2.27 bits per heavy atom. The van der Waals surface area contributed by atoms with Crippen molar-refractivity contribution >= 4 is 27.6 Å². The fourth-order valence-corrected chi connectivity index (χ4v) is 1.70. The van der Waals surface area contributed by atoms with E-state index in [0.29, 0.717) is 22.6 Å². The topological polar surface area (TPSA) is 101 Å². The molecule has 1 aromatic heterocycles. The van der Waals surface area contributed by atoms with Crippen molar-refractivity contribution in [2.24, 2.45) is 5.92 Å². The minimum atomic E-state index is -0.891. The number of carbonyl (C=O) groups is 1. The lowest BCUT2D eigenvalue weighted by molar-refractivity contribution is -0.138. The Morgan fingerprint density at radius 3 is 2.67 bits per heavy atom. The molecule has 15 heavy (non-hydrogen) atoms. The number of nitrogen functional groups attached to an aromatic ring is 1. The first kappa shape index (κ1) is 11.7. The third-order valence-electron chi connectivity index (χ3n) is 1.74. The molecule has 0 spiro atoms. The summed E-state index contributed by atoms with van der Waals surface area (Å²) in [7, 11) is 0. The largest absolute Gasteiger partial charge is 0.480 e. The Bertz CT molecular complexity index is 339. The summed E-state index contributed by atoms with van der Waals surface area (Å²) in [4.78, 5) is 10.9. The molecule has 0 saturated heterocycles. The lowest BCUT2D eigenvalue weighted by atomic mass is 10.0. The van der Waals surface area contributed by atoms with E-state index in [4.69, 9.17) is 10.8 Å². The quantitative estimate of drug-likeness (QED) is 0.698. The Morgan fingerprint density at radius 1 is 1.60 bits per heavy atom. The van der Waals surface area contributed by atoms with Crippen molar-refractivity contribution in [1.82, 2.24) is 10.2 Å². The number of hydrogen-bond donors (Lipinski definition) is 3. The number of carboxylic acid groups (broad SMARTS) is 1. The van der Waals surface area contributed by atoms with Crippen LogP contribution in [0.4, 0.5) is 10.3 Å². The lowest BCUT2D eigenvalue weighted by Crippen LogP contribution is -2.30. The normalized spacial score (nSPS) is 12.7. The van der Waals surface area contributed by atoms with Crippen molar-refractivity contribution in [3.05, 3.63) is 0 Å². The maximum absolute atomic E-state index is 10.9. The van der Waals surface area contributed by atoms with Crippen molar-refractivity contribution in [1.29, 1.82) is 0 Å². The van der Waals surface area contributed by atoms with E-state index in [-0.39, 0.29) is 0 Å². The summed E-state index contributed by atoms with van der Waals surface area (Å²) in [6.07, 6.45) is 0.537. The van der Waals surface area contributed by atoms with Crippen LogP contribution < -0.4 is 11.1 Å². The summed E-state index contributed by atoms with van der Waals surface area (Å²) in [5, 5.41) is 19.8. The van der Waals surface area contributed by atoms with Gasteiger partial charge in [-0.25, -0.2) is 4.79 Å². The van der Waals surface area contributed by atoms with Crippen LogP contribution in [0, 0.1) is 5.92 Å². The second-order valence-corrected chi connectivity index (χ2v) is 4.62. The average Bonchev–Trinajstić information content (AvgIpc) is 2.49. The van der Waals surface area contributed by atoms with Gasteiger partial charge in [0.1, 0.15) is 6.04 Å². The maximum atomic E-state index is 10.9. The maximum Gasteiger partial charge on any atom is 0.326 e. The molecule has 1 aromatic rings. The molecule has 4 N–H and O–H groups in total. The number of hydrogen-bond acceptors (Lipinski definition) is 6. The zero-order chi connectivity index (χ0) is 11.4. The van der Waals surface area contributed by atoms with Gasteiger partial charge in [0.25, 0.3) is 0 Å². The van der Waals surface area contributed by atoms with Gasteiger partial charge in [0.2, 0.25) is 10.3 Å². The van der Waals surface area contributed by atoms with Crippen LogP contribution in [0.3, 0.4) is 0 Å². The number of nitrogens with one attached hydrogen (secondary N) is 1. The molecule has 0 aliphatic rings. The zero-order valence-electron chi connectivity index (χ0n) is 8.60. The highest BCUT2D eigenvalue weighted by Crippen LogP contribution is 2.19. The smallest absolute Gasteiger partial charge is 0.326 e. The number of nitrogens with two attached hydrogens (primary N) is 1. The fraction of sp³-hybridized carbons (Fsp3) is 0.625. The van der Waals surface area contributed by atoms with Gasteiger partial charge in [-0.3, -0.25) is 0 Å². The van der Waals surface area contributed by atoms with Gasteiger partial charge in [-0.1, -0.05) is 25.2 Å². The fourth-order valence-electron chi connectivity index (χ4n) is 1.13. The second kappa shape index (κ2) is 4.92. The highest BCUT2D eigenvalue weighted by Gasteiger charge is 2.19. The highest BCUT2D eigenvalue weighted by atomic mass is 32.1. The summed E-state index contributed by atoms with van der Waals surface area (Å²) in [6.45, 7) is 3.93. The second-order valence-electron chi connectivity index (χ2n) is 3.61. The van der Waals surface area contributed by atoms with Crippen LogP contribution >= 0.6 is 11.3 Å². The van der Waals surface area contributed by atoms with E-state index < -0.39 is 12.0 Å². The minimum absolute atomic E-state index is 0.295. The van der Waals surface area contributed by atoms with E-state index in [1.54, 1.807) is 0 Å². The molecule has 0 aliphatic heterocycles. The molecule has 0 fully saturated rings. The molecule has 0 unspecified atom stereocenters. The molecule has 0 amide bonds. The monoisotopic (exact) mass is 230 g/mol. The number of anilines is 2. The molecule has 1 heterocycles. The van der Waals surface area contributed by atoms with Gasteiger partial charge < -0.3 is 16.2 Å². The zero-order valence-corrected chi connectivity index (χ0v) is 9.41. The van der Waals surface area contributed by atoms with Crippen LogP contribution in [-0.4, -0.2) is 27.3 Å². The Labute approximate surface area is 91.5 Å². The van der Waals surface area contributed by atoms with Crippen molar-refractivity contribution in [3.8, 4) is 0 Å². The predicted octanol–water partition coefficient (Wildman–Crippen LogP) is 1.03. The summed E-state index contributed by atoms with van der Waals surface area (Å²) in [5.74, 6) is -0.596. The predicted molar refractivity (Wildman–Crippen MR) is 58.8 cm³/mol. The van der Waals surface area contributed by atoms with Crippen molar-refractivity contribution < 1.29 is 9.90 Å². The van der Waals surface area contributed by atoms with E-state index >= 15 is 0 Å². The van der Waals surface area contributed by atoms with Crippen molar-refractivity contribution in [2.75, 3.05) is 11.1 Å². The highest BCUT2D eigenvalue weighted by molar-refractivity contribution is 7.18. The number of aromatic nitrogens is 2. The van der Waals surface area contributed by atoms with Crippen LogP contribution in [0.25, 0.3) is 0 Å². The summed E-state index contributed by atoms with van der Waals surface area (Å²) < 4.78 is 0. The Balaban J connectivity index is 2.62.